The minimum Gasteiger partial charge on any atom is -0.493 e. The summed E-state index contributed by atoms with van der Waals surface area (Å²) in [6.45, 7) is 5.18. The first-order chi connectivity index (χ1) is 9.93. The summed E-state index contributed by atoms with van der Waals surface area (Å²) < 4.78 is 10.5. The molecule has 0 fully saturated rings. The Bertz CT molecular complexity index is 448. The Morgan fingerprint density at radius 1 is 1.33 bits per heavy atom. The number of carbonyl (C=O) groups is 1. The number of aliphatic hydroxyl groups excluding tert-OH is 1. The van der Waals surface area contributed by atoms with Crippen molar-refractivity contribution in [1.29, 1.82) is 0 Å². The van der Waals surface area contributed by atoms with E-state index in [1.165, 1.54) is 12.0 Å². The molecule has 0 saturated heterocycles. The molecule has 0 aliphatic rings. The molecule has 0 radical (unpaired) electrons. The Morgan fingerprint density at radius 3 is 2.67 bits per heavy atom. The van der Waals surface area contributed by atoms with Crippen molar-refractivity contribution in [2.45, 2.75) is 20.0 Å². The molecular weight excluding hydrogens is 270 g/mol. The van der Waals surface area contributed by atoms with E-state index >= 15 is 0 Å². The highest BCUT2D eigenvalue weighted by Crippen LogP contribution is 2.15. The molecule has 0 aliphatic heterocycles. The van der Waals surface area contributed by atoms with E-state index in [4.69, 9.17) is 9.47 Å². The number of hydrogen-bond donors (Lipinski definition) is 1. The summed E-state index contributed by atoms with van der Waals surface area (Å²) in [5.74, 6) is 0.955. The van der Waals surface area contributed by atoms with E-state index in [2.05, 4.69) is 13.8 Å². The van der Waals surface area contributed by atoms with Crippen LogP contribution < -0.4 is 4.74 Å². The van der Waals surface area contributed by atoms with Gasteiger partial charge in [-0.25, -0.2) is 0 Å². The van der Waals surface area contributed by atoms with Crippen molar-refractivity contribution in [3.05, 3.63) is 29.8 Å². The second kappa shape index (κ2) is 8.64. The maximum absolute atomic E-state index is 12.3. The number of nitrogens with zero attached hydrogens (tertiary/aromatic N) is 1. The first-order valence-corrected chi connectivity index (χ1v) is 7.09. The molecule has 1 amide bonds. The number of ether oxygens (including phenoxy) is 2. The summed E-state index contributed by atoms with van der Waals surface area (Å²) in [5, 5.41) is 9.67. The molecule has 1 N–H and O–H groups in total. The number of carbonyl (C=O) groups excluding carboxylic acids is 1. The van der Waals surface area contributed by atoms with E-state index in [9.17, 15) is 9.90 Å². The van der Waals surface area contributed by atoms with E-state index in [0.29, 0.717) is 23.8 Å². The number of rotatable bonds is 8. The van der Waals surface area contributed by atoms with Gasteiger partial charge in [-0.05, 0) is 24.1 Å². The maximum Gasteiger partial charge on any atom is 0.253 e. The fraction of sp³-hybridized carbons (Fsp3) is 0.562. The third-order valence-electron chi connectivity index (χ3n) is 2.85. The lowest BCUT2D eigenvalue weighted by Gasteiger charge is -2.20. The molecule has 1 unspecified atom stereocenters. The highest BCUT2D eigenvalue weighted by Gasteiger charge is 2.16. The van der Waals surface area contributed by atoms with E-state index < -0.39 is 6.10 Å². The zero-order valence-electron chi connectivity index (χ0n) is 13.2. The number of hydrogen-bond acceptors (Lipinski definition) is 4. The molecule has 0 aromatic heterocycles. The Morgan fingerprint density at radius 2 is 2.05 bits per heavy atom. The number of likely N-dealkylation sites (N-methyl/N-ethyl adjacent to an activating group) is 1. The Balaban J connectivity index is 2.66. The van der Waals surface area contributed by atoms with Gasteiger partial charge in [-0.2, -0.15) is 0 Å². The van der Waals surface area contributed by atoms with Crippen LogP contribution in [0.3, 0.4) is 0 Å². The maximum atomic E-state index is 12.3. The molecule has 0 bridgehead atoms. The SMILES string of the molecule is COCC(O)CN(C)C(=O)c1cccc(OCC(C)C)c1. The fourth-order valence-electron chi connectivity index (χ4n) is 1.85. The Labute approximate surface area is 126 Å². The van der Waals surface area contributed by atoms with Gasteiger partial charge in [-0.3, -0.25) is 4.79 Å². The third-order valence-corrected chi connectivity index (χ3v) is 2.85. The molecule has 5 heteroatoms. The lowest BCUT2D eigenvalue weighted by molar-refractivity contribution is 0.0380. The van der Waals surface area contributed by atoms with E-state index in [-0.39, 0.29) is 19.1 Å². The van der Waals surface area contributed by atoms with Gasteiger partial charge in [0.15, 0.2) is 0 Å². The minimum atomic E-state index is -0.690. The molecule has 21 heavy (non-hydrogen) atoms. The molecule has 0 spiro atoms. The fourth-order valence-corrected chi connectivity index (χ4v) is 1.85. The predicted octanol–water partition coefficient (Wildman–Crippen LogP) is 1.80. The van der Waals surface area contributed by atoms with Crippen molar-refractivity contribution in [3.63, 3.8) is 0 Å². The molecule has 0 aliphatic carbocycles. The van der Waals surface area contributed by atoms with Gasteiger partial charge in [0.1, 0.15) is 5.75 Å². The van der Waals surface area contributed by atoms with Crippen LogP contribution in [0.25, 0.3) is 0 Å². The average Bonchev–Trinajstić information content (AvgIpc) is 2.44. The lowest BCUT2D eigenvalue weighted by Crippen LogP contribution is -2.36. The van der Waals surface area contributed by atoms with Crippen molar-refractivity contribution < 1.29 is 19.4 Å². The smallest absolute Gasteiger partial charge is 0.253 e. The van der Waals surface area contributed by atoms with Crippen LogP contribution in [0.1, 0.15) is 24.2 Å². The molecule has 1 aromatic carbocycles. The topological polar surface area (TPSA) is 59.0 Å². The minimum absolute atomic E-state index is 0.153. The summed E-state index contributed by atoms with van der Waals surface area (Å²) in [5.41, 5.74) is 0.545. The van der Waals surface area contributed by atoms with Crippen LogP contribution in [0.4, 0.5) is 0 Å². The van der Waals surface area contributed by atoms with Crippen molar-refractivity contribution in [2.75, 3.05) is 33.9 Å². The van der Waals surface area contributed by atoms with Gasteiger partial charge in [-0.1, -0.05) is 19.9 Å². The van der Waals surface area contributed by atoms with E-state index in [1.54, 1.807) is 25.2 Å². The molecule has 1 aromatic rings. The first-order valence-electron chi connectivity index (χ1n) is 7.09. The highest BCUT2D eigenvalue weighted by atomic mass is 16.5. The van der Waals surface area contributed by atoms with Gasteiger partial charge in [-0.15, -0.1) is 0 Å². The standard InChI is InChI=1S/C16H25NO4/c1-12(2)10-21-15-7-5-6-13(8-15)16(19)17(3)9-14(18)11-20-4/h5-8,12,14,18H,9-11H2,1-4H3. The molecule has 118 valence electrons. The van der Waals surface area contributed by atoms with Crippen molar-refractivity contribution in [1.82, 2.24) is 4.90 Å². The normalized spacial score (nSPS) is 12.3. The molecule has 0 saturated carbocycles. The second-order valence-electron chi connectivity index (χ2n) is 5.53. The summed E-state index contributed by atoms with van der Waals surface area (Å²) in [4.78, 5) is 13.8. The van der Waals surface area contributed by atoms with Crippen molar-refractivity contribution in [2.24, 2.45) is 5.92 Å². The zero-order chi connectivity index (χ0) is 15.8. The highest BCUT2D eigenvalue weighted by molar-refractivity contribution is 5.94. The largest absolute Gasteiger partial charge is 0.493 e. The second-order valence-corrected chi connectivity index (χ2v) is 5.53. The van der Waals surface area contributed by atoms with Gasteiger partial charge < -0.3 is 19.5 Å². The number of amides is 1. The van der Waals surface area contributed by atoms with Gasteiger partial charge >= 0.3 is 0 Å². The van der Waals surface area contributed by atoms with Crippen molar-refractivity contribution in [3.8, 4) is 5.75 Å². The Kier molecular flexibility index (Phi) is 7.19. The zero-order valence-corrected chi connectivity index (χ0v) is 13.2. The number of aliphatic hydroxyl groups is 1. The molecule has 1 rings (SSSR count). The molecule has 0 heterocycles. The average molecular weight is 295 g/mol. The van der Waals surface area contributed by atoms with Crippen LogP contribution in [0, 0.1) is 5.92 Å². The molecular formula is C16H25NO4. The first kappa shape index (κ1) is 17.5. The lowest BCUT2D eigenvalue weighted by atomic mass is 10.2. The molecule has 1 atom stereocenters. The summed E-state index contributed by atoms with van der Waals surface area (Å²) in [6.07, 6.45) is -0.690. The van der Waals surface area contributed by atoms with Gasteiger partial charge in [0.05, 0.1) is 19.3 Å². The number of benzene rings is 1. The van der Waals surface area contributed by atoms with E-state index in [1.807, 2.05) is 6.07 Å². The van der Waals surface area contributed by atoms with Crippen molar-refractivity contribution >= 4 is 5.91 Å². The summed E-state index contributed by atoms with van der Waals surface area (Å²) >= 11 is 0. The van der Waals surface area contributed by atoms with E-state index in [0.717, 1.165) is 0 Å². The summed E-state index contributed by atoms with van der Waals surface area (Å²) in [6, 6.07) is 7.09. The van der Waals surface area contributed by atoms with Crippen LogP contribution in [0.15, 0.2) is 24.3 Å². The van der Waals surface area contributed by atoms with Crippen LogP contribution in [-0.2, 0) is 4.74 Å². The predicted molar refractivity (Wildman–Crippen MR) is 81.6 cm³/mol. The van der Waals surface area contributed by atoms with Crippen LogP contribution in [-0.4, -0.2) is 55.9 Å². The Hall–Kier alpha value is -1.59. The third kappa shape index (κ3) is 6.14. The van der Waals surface area contributed by atoms with Crippen LogP contribution in [0.5, 0.6) is 5.75 Å². The monoisotopic (exact) mass is 295 g/mol. The van der Waals surface area contributed by atoms with Crippen LogP contribution in [0.2, 0.25) is 0 Å². The molecule has 5 nitrogen and oxygen atoms in total. The quantitative estimate of drug-likeness (QED) is 0.794. The van der Waals surface area contributed by atoms with Gasteiger partial charge in [0.2, 0.25) is 0 Å². The number of methoxy groups -OCH3 is 1. The van der Waals surface area contributed by atoms with Crippen LogP contribution >= 0.6 is 0 Å². The summed E-state index contributed by atoms with van der Waals surface area (Å²) in [7, 11) is 3.17. The van der Waals surface area contributed by atoms with Gasteiger partial charge in [0, 0.05) is 26.3 Å². The van der Waals surface area contributed by atoms with Gasteiger partial charge in [0.25, 0.3) is 5.91 Å².